The maximum atomic E-state index is 4.10. The predicted molar refractivity (Wildman–Crippen MR) is 108 cm³/mol. The monoisotopic (exact) mass is 330 g/mol. The quantitative estimate of drug-likeness (QED) is 0.452. The zero-order chi connectivity index (χ0) is 18.5. The first-order valence-electron chi connectivity index (χ1n) is 8.25. The van der Waals surface area contributed by atoms with Gasteiger partial charge in [-0.1, -0.05) is 39.5 Å². The SMILES string of the molecule is C=CC(=C)NCCN(CCN(C(=C)C=C)C(C)CNC)C(=C)C=C. The topological polar surface area (TPSA) is 30.5 Å². The Balaban J connectivity index is 4.79. The lowest BCUT2D eigenvalue weighted by Crippen LogP contribution is -2.43. The van der Waals surface area contributed by atoms with Crippen molar-refractivity contribution in [2.45, 2.75) is 13.0 Å². The maximum Gasteiger partial charge on any atom is 0.0386 e. The van der Waals surface area contributed by atoms with Crippen LogP contribution < -0.4 is 10.6 Å². The van der Waals surface area contributed by atoms with Crippen molar-refractivity contribution >= 4 is 0 Å². The van der Waals surface area contributed by atoms with Gasteiger partial charge in [0.25, 0.3) is 0 Å². The summed E-state index contributed by atoms with van der Waals surface area (Å²) in [6, 6.07) is 0.331. The van der Waals surface area contributed by atoms with Crippen LogP contribution in [-0.2, 0) is 0 Å². The second-order valence-electron chi connectivity index (χ2n) is 5.63. The molecule has 0 bridgehead atoms. The van der Waals surface area contributed by atoms with E-state index < -0.39 is 0 Å². The molecule has 4 nitrogen and oxygen atoms in total. The minimum Gasteiger partial charge on any atom is -0.384 e. The molecule has 1 unspecified atom stereocenters. The van der Waals surface area contributed by atoms with Crippen LogP contribution in [-0.4, -0.2) is 55.6 Å². The minimum atomic E-state index is 0.331. The minimum absolute atomic E-state index is 0.331. The summed E-state index contributed by atoms with van der Waals surface area (Å²) in [6.07, 6.45) is 5.29. The molecule has 0 spiro atoms. The van der Waals surface area contributed by atoms with Gasteiger partial charge in [-0.25, -0.2) is 0 Å². The fourth-order valence-electron chi connectivity index (χ4n) is 2.35. The van der Waals surface area contributed by atoms with Crippen molar-refractivity contribution < 1.29 is 0 Å². The zero-order valence-electron chi connectivity index (χ0n) is 15.5. The highest BCUT2D eigenvalue weighted by molar-refractivity contribution is 5.13. The molecule has 0 aliphatic heterocycles. The van der Waals surface area contributed by atoms with Gasteiger partial charge in [0.15, 0.2) is 0 Å². The van der Waals surface area contributed by atoms with E-state index in [9.17, 15) is 0 Å². The molecular formula is C20H34N4. The van der Waals surface area contributed by atoms with E-state index in [1.165, 1.54) is 0 Å². The molecule has 24 heavy (non-hydrogen) atoms. The van der Waals surface area contributed by atoms with Gasteiger partial charge in [0.2, 0.25) is 0 Å². The van der Waals surface area contributed by atoms with E-state index in [1.807, 2.05) is 7.05 Å². The van der Waals surface area contributed by atoms with Gasteiger partial charge in [-0.2, -0.15) is 0 Å². The maximum absolute atomic E-state index is 4.10. The largest absolute Gasteiger partial charge is 0.384 e. The van der Waals surface area contributed by atoms with E-state index in [2.05, 4.69) is 66.8 Å². The molecule has 0 aromatic carbocycles. The molecule has 0 aromatic heterocycles. The summed E-state index contributed by atoms with van der Waals surface area (Å²) in [4.78, 5) is 4.45. The molecule has 134 valence electrons. The van der Waals surface area contributed by atoms with Crippen LogP contribution in [0.15, 0.2) is 74.8 Å². The smallest absolute Gasteiger partial charge is 0.0386 e. The molecule has 0 heterocycles. The first kappa shape index (κ1) is 21.8. The molecule has 2 N–H and O–H groups in total. The van der Waals surface area contributed by atoms with E-state index >= 15 is 0 Å². The van der Waals surface area contributed by atoms with Crippen LogP contribution in [0, 0.1) is 0 Å². The van der Waals surface area contributed by atoms with E-state index in [1.54, 1.807) is 18.2 Å². The van der Waals surface area contributed by atoms with Gasteiger partial charge in [-0.05, 0) is 32.2 Å². The first-order chi connectivity index (χ1) is 11.4. The number of allylic oxidation sites excluding steroid dienone is 3. The molecule has 0 aromatic rings. The fraction of sp³-hybridized carbons (Fsp3) is 0.400. The Hall–Kier alpha value is -2.20. The third-order valence-electron chi connectivity index (χ3n) is 3.87. The summed E-state index contributed by atoms with van der Waals surface area (Å²) in [5.41, 5.74) is 2.66. The summed E-state index contributed by atoms with van der Waals surface area (Å²) in [7, 11) is 1.95. The molecule has 0 saturated heterocycles. The van der Waals surface area contributed by atoms with Gasteiger partial charge in [0.05, 0.1) is 0 Å². The lowest BCUT2D eigenvalue weighted by molar-refractivity contribution is 0.233. The van der Waals surface area contributed by atoms with Crippen LogP contribution in [0.5, 0.6) is 0 Å². The molecule has 0 rings (SSSR count). The Morgan fingerprint density at radius 2 is 1.58 bits per heavy atom. The molecule has 4 heteroatoms. The lowest BCUT2D eigenvalue weighted by Gasteiger charge is -2.35. The first-order valence-corrected chi connectivity index (χ1v) is 8.25. The molecule has 0 aliphatic rings. The summed E-state index contributed by atoms with van der Waals surface area (Å²) in [6.45, 7) is 29.7. The number of hydrogen-bond acceptors (Lipinski definition) is 4. The molecule has 0 amide bonds. The summed E-state index contributed by atoms with van der Waals surface area (Å²) in [5.74, 6) is 0. The second kappa shape index (κ2) is 12.3. The van der Waals surface area contributed by atoms with Crippen LogP contribution in [0.2, 0.25) is 0 Å². The molecule has 0 saturated carbocycles. The lowest BCUT2D eigenvalue weighted by atomic mass is 10.2. The average molecular weight is 331 g/mol. The molecule has 1 atom stereocenters. The number of nitrogens with zero attached hydrogens (tertiary/aromatic N) is 2. The van der Waals surface area contributed by atoms with E-state index in [0.717, 1.165) is 49.8 Å². The molecular weight excluding hydrogens is 296 g/mol. The second-order valence-corrected chi connectivity index (χ2v) is 5.63. The Morgan fingerprint density at radius 3 is 2.08 bits per heavy atom. The van der Waals surface area contributed by atoms with Crippen molar-refractivity contribution in [3.63, 3.8) is 0 Å². The highest BCUT2D eigenvalue weighted by Gasteiger charge is 2.15. The highest BCUT2D eigenvalue weighted by Crippen LogP contribution is 2.10. The van der Waals surface area contributed by atoms with Crippen molar-refractivity contribution in [2.24, 2.45) is 0 Å². The number of hydrogen-bond donors (Lipinski definition) is 2. The Labute approximate surface area is 148 Å². The van der Waals surface area contributed by atoms with Crippen LogP contribution in [0.4, 0.5) is 0 Å². The Bertz CT molecular complexity index is 464. The van der Waals surface area contributed by atoms with Gasteiger partial charge in [0, 0.05) is 55.9 Å². The van der Waals surface area contributed by atoms with Crippen LogP contribution >= 0.6 is 0 Å². The summed E-state index contributed by atoms with van der Waals surface area (Å²) in [5, 5.41) is 6.43. The Morgan fingerprint density at radius 1 is 0.958 bits per heavy atom. The fourth-order valence-corrected chi connectivity index (χ4v) is 2.35. The normalized spacial score (nSPS) is 11.1. The Kier molecular flexibility index (Phi) is 11.1. The number of likely N-dealkylation sites (N-methyl/N-ethyl adjacent to an activating group) is 1. The third-order valence-corrected chi connectivity index (χ3v) is 3.87. The van der Waals surface area contributed by atoms with Gasteiger partial charge in [-0.15, -0.1) is 0 Å². The van der Waals surface area contributed by atoms with E-state index in [0.29, 0.717) is 6.04 Å². The van der Waals surface area contributed by atoms with Crippen molar-refractivity contribution in [3.05, 3.63) is 74.8 Å². The summed E-state index contributed by atoms with van der Waals surface area (Å²) >= 11 is 0. The molecule has 0 radical (unpaired) electrons. The van der Waals surface area contributed by atoms with Gasteiger partial charge in [-0.3, -0.25) is 0 Å². The van der Waals surface area contributed by atoms with Crippen LogP contribution in [0.25, 0.3) is 0 Å². The average Bonchev–Trinajstić information content (AvgIpc) is 2.59. The number of nitrogens with one attached hydrogen (secondary N) is 2. The van der Waals surface area contributed by atoms with Gasteiger partial charge < -0.3 is 20.4 Å². The molecule has 0 fully saturated rings. The third kappa shape index (κ3) is 7.88. The van der Waals surface area contributed by atoms with Crippen molar-refractivity contribution in [2.75, 3.05) is 39.8 Å². The standard InChI is InChI=1S/C20H34N4/c1-9-17(4)22-12-13-23(18(5)10-2)14-15-24(19(6)11-3)20(7)16-21-8/h9-11,20-22H,1-6,12-16H2,7-8H3. The van der Waals surface area contributed by atoms with Gasteiger partial charge >= 0.3 is 0 Å². The number of rotatable bonds is 15. The van der Waals surface area contributed by atoms with E-state index in [4.69, 9.17) is 0 Å². The molecule has 0 aliphatic carbocycles. The zero-order valence-corrected chi connectivity index (χ0v) is 15.5. The van der Waals surface area contributed by atoms with Crippen LogP contribution in [0.1, 0.15) is 6.92 Å². The highest BCUT2D eigenvalue weighted by atomic mass is 15.2. The van der Waals surface area contributed by atoms with Crippen molar-refractivity contribution in [3.8, 4) is 0 Å². The van der Waals surface area contributed by atoms with Gasteiger partial charge in [0.1, 0.15) is 0 Å². The van der Waals surface area contributed by atoms with Crippen molar-refractivity contribution in [1.82, 2.24) is 20.4 Å². The van der Waals surface area contributed by atoms with Crippen LogP contribution in [0.3, 0.4) is 0 Å². The summed E-state index contributed by atoms with van der Waals surface area (Å²) < 4.78 is 0. The van der Waals surface area contributed by atoms with E-state index in [-0.39, 0.29) is 0 Å². The predicted octanol–water partition coefficient (Wildman–Crippen LogP) is 2.89. The van der Waals surface area contributed by atoms with Crippen molar-refractivity contribution in [1.29, 1.82) is 0 Å².